The van der Waals surface area contributed by atoms with E-state index in [1.807, 2.05) is 4.90 Å². The zero-order valence-corrected chi connectivity index (χ0v) is 11.2. The van der Waals surface area contributed by atoms with Gasteiger partial charge in [0, 0.05) is 17.3 Å². The molecule has 1 aromatic carbocycles. The van der Waals surface area contributed by atoms with Gasteiger partial charge in [-0.1, -0.05) is 0 Å². The van der Waals surface area contributed by atoms with Crippen molar-refractivity contribution in [2.45, 2.75) is 18.9 Å². The Bertz CT molecular complexity index is 487. The van der Waals surface area contributed by atoms with E-state index in [-0.39, 0.29) is 25.1 Å². The molecule has 1 fully saturated rings. The average molecular weight is 277 g/mol. The van der Waals surface area contributed by atoms with Crippen molar-refractivity contribution in [3.63, 3.8) is 0 Å². The Morgan fingerprint density at radius 1 is 1.35 bits per heavy atom. The van der Waals surface area contributed by atoms with E-state index in [0.29, 0.717) is 11.3 Å². The first kappa shape index (κ1) is 14.5. The van der Waals surface area contributed by atoms with Gasteiger partial charge in [0.25, 0.3) is 0 Å². The van der Waals surface area contributed by atoms with Crippen LogP contribution in [-0.2, 0) is 4.79 Å². The minimum atomic E-state index is -0.495. The maximum Gasteiger partial charge on any atom is 0.248 e. The summed E-state index contributed by atoms with van der Waals surface area (Å²) in [6.07, 6.45) is 1.93. The number of rotatable bonds is 5. The molecule has 6 heteroatoms. The first-order valence-corrected chi connectivity index (χ1v) is 6.65. The molecule has 0 bridgehead atoms. The fraction of sp³-hybridized carbons (Fsp3) is 0.429. The molecule has 0 radical (unpaired) electrons. The summed E-state index contributed by atoms with van der Waals surface area (Å²) in [6, 6.07) is 6.52. The van der Waals surface area contributed by atoms with Crippen molar-refractivity contribution in [2.75, 3.05) is 25.0 Å². The van der Waals surface area contributed by atoms with Crippen LogP contribution in [0.25, 0.3) is 0 Å². The maximum atomic E-state index is 11.9. The van der Waals surface area contributed by atoms with Crippen LogP contribution in [-0.4, -0.2) is 47.6 Å². The Kier molecular flexibility index (Phi) is 4.70. The van der Waals surface area contributed by atoms with Gasteiger partial charge in [-0.05, 0) is 43.7 Å². The number of anilines is 1. The number of nitrogens with two attached hydrogens (primary N) is 1. The van der Waals surface area contributed by atoms with Gasteiger partial charge < -0.3 is 16.2 Å². The molecule has 4 N–H and O–H groups in total. The molecule has 1 saturated heterocycles. The SMILES string of the molecule is NC(=O)c1ccc(NC(=O)CN2CCCC2CO)cc1. The van der Waals surface area contributed by atoms with Gasteiger partial charge in [-0.15, -0.1) is 0 Å². The summed E-state index contributed by atoms with van der Waals surface area (Å²) in [4.78, 5) is 24.8. The number of aliphatic hydroxyl groups excluding tert-OH is 1. The first-order valence-electron chi connectivity index (χ1n) is 6.65. The third-order valence-corrected chi connectivity index (χ3v) is 3.51. The summed E-state index contributed by atoms with van der Waals surface area (Å²) in [7, 11) is 0. The van der Waals surface area contributed by atoms with Gasteiger partial charge in [-0.3, -0.25) is 14.5 Å². The van der Waals surface area contributed by atoms with Crippen molar-refractivity contribution in [3.05, 3.63) is 29.8 Å². The highest BCUT2D eigenvalue weighted by atomic mass is 16.3. The van der Waals surface area contributed by atoms with Crippen molar-refractivity contribution < 1.29 is 14.7 Å². The molecule has 20 heavy (non-hydrogen) atoms. The standard InChI is InChI=1S/C14H19N3O3/c15-14(20)10-3-5-11(6-4-10)16-13(19)8-17-7-1-2-12(17)9-18/h3-6,12,18H,1-2,7-9H2,(H2,15,20)(H,16,19). The number of benzene rings is 1. The number of carbonyl (C=O) groups excluding carboxylic acids is 2. The van der Waals surface area contributed by atoms with Crippen LogP contribution < -0.4 is 11.1 Å². The van der Waals surface area contributed by atoms with E-state index in [4.69, 9.17) is 5.73 Å². The molecule has 6 nitrogen and oxygen atoms in total. The minimum Gasteiger partial charge on any atom is -0.395 e. The number of aliphatic hydroxyl groups is 1. The van der Waals surface area contributed by atoms with Gasteiger partial charge in [0.05, 0.1) is 13.2 Å². The van der Waals surface area contributed by atoms with Gasteiger partial charge in [-0.25, -0.2) is 0 Å². The monoisotopic (exact) mass is 277 g/mol. The number of hydrogen-bond donors (Lipinski definition) is 3. The summed E-state index contributed by atoms with van der Waals surface area (Å²) in [6.45, 7) is 1.18. The van der Waals surface area contributed by atoms with Gasteiger partial charge >= 0.3 is 0 Å². The second kappa shape index (κ2) is 6.49. The molecule has 1 unspecified atom stereocenters. The predicted molar refractivity (Wildman–Crippen MR) is 75.3 cm³/mol. The number of hydrogen-bond acceptors (Lipinski definition) is 4. The van der Waals surface area contributed by atoms with E-state index in [0.717, 1.165) is 19.4 Å². The Labute approximate surface area is 117 Å². The highest BCUT2D eigenvalue weighted by molar-refractivity contribution is 5.95. The lowest BCUT2D eigenvalue weighted by molar-refractivity contribution is -0.117. The van der Waals surface area contributed by atoms with Crippen LogP contribution in [0.15, 0.2) is 24.3 Å². The number of likely N-dealkylation sites (tertiary alicyclic amines) is 1. The lowest BCUT2D eigenvalue weighted by Gasteiger charge is -2.21. The molecule has 0 saturated carbocycles. The minimum absolute atomic E-state index is 0.0815. The van der Waals surface area contributed by atoms with E-state index in [9.17, 15) is 14.7 Å². The van der Waals surface area contributed by atoms with E-state index in [1.54, 1.807) is 24.3 Å². The van der Waals surface area contributed by atoms with Crippen LogP contribution in [0.3, 0.4) is 0 Å². The van der Waals surface area contributed by atoms with Crippen molar-refractivity contribution in [1.82, 2.24) is 4.90 Å². The van der Waals surface area contributed by atoms with E-state index in [2.05, 4.69) is 5.32 Å². The van der Waals surface area contributed by atoms with Crippen LogP contribution in [0.1, 0.15) is 23.2 Å². The molecule has 2 amide bonds. The van der Waals surface area contributed by atoms with Crippen molar-refractivity contribution in [3.8, 4) is 0 Å². The molecule has 1 aliphatic heterocycles. The highest BCUT2D eigenvalue weighted by Crippen LogP contribution is 2.16. The summed E-state index contributed by atoms with van der Waals surface area (Å²) in [5, 5.41) is 12.0. The average Bonchev–Trinajstić information content (AvgIpc) is 2.86. The zero-order valence-electron chi connectivity index (χ0n) is 11.2. The number of carbonyl (C=O) groups is 2. The Hall–Kier alpha value is -1.92. The topological polar surface area (TPSA) is 95.7 Å². The molecule has 1 aromatic rings. The van der Waals surface area contributed by atoms with Crippen LogP contribution in [0.5, 0.6) is 0 Å². The highest BCUT2D eigenvalue weighted by Gasteiger charge is 2.25. The van der Waals surface area contributed by atoms with Crippen LogP contribution in [0.2, 0.25) is 0 Å². The second-order valence-electron chi connectivity index (χ2n) is 4.94. The van der Waals surface area contributed by atoms with Gasteiger partial charge in [0.15, 0.2) is 0 Å². The Morgan fingerprint density at radius 2 is 2.05 bits per heavy atom. The fourth-order valence-electron chi connectivity index (χ4n) is 2.41. The van der Waals surface area contributed by atoms with E-state index in [1.165, 1.54) is 0 Å². The second-order valence-corrected chi connectivity index (χ2v) is 4.94. The van der Waals surface area contributed by atoms with Gasteiger partial charge in [-0.2, -0.15) is 0 Å². The normalized spacial score (nSPS) is 18.9. The quantitative estimate of drug-likeness (QED) is 0.715. The summed E-state index contributed by atoms with van der Waals surface area (Å²) in [5.41, 5.74) is 6.18. The third kappa shape index (κ3) is 3.55. The predicted octanol–water partition coefficient (Wildman–Crippen LogP) is 0.181. The smallest absolute Gasteiger partial charge is 0.248 e. The van der Waals surface area contributed by atoms with Crippen molar-refractivity contribution in [1.29, 1.82) is 0 Å². The number of nitrogens with zero attached hydrogens (tertiary/aromatic N) is 1. The molecule has 1 atom stereocenters. The molecule has 2 rings (SSSR count). The lowest BCUT2D eigenvalue weighted by Crippen LogP contribution is -2.38. The van der Waals surface area contributed by atoms with E-state index >= 15 is 0 Å². The van der Waals surface area contributed by atoms with Crippen LogP contribution in [0.4, 0.5) is 5.69 Å². The Balaban J connectivity index is 1.89. The molecule has 0 aromatic heterocycles. The molecule has 0 spiro atoms. The number of amides is 2. The molecule has 1 heterocycles. The summed E-state index contributed by atoms with van der Waals surface area (Å²) < 4.78 is 0. The maximum absolute atomic E-state index is 11.9. The van der Waals surface area contributed by atoms with Gasteiger partial charge in [0.1, 0.15) is 0 Å². The fourth-order valence-corrected chi connectivity index (χ4v) is 2.41. The zero-order chi connectivity index (χ0) is 14.5. The number of primary amides is 1. The van der Waals surface area contributed by atoms with E-state index < -0.39 is 5.91 Å². The number of nitrogens with one attached hydrogen (secondary N) is 1. The van der Waals surface area contributed by atoms with Crippen LogP contribution in [0, 0.1) is 0 Å². The first-order chi connectivity index (χ1) is 9.60. The molecule has 1 aliphatic rings. The van der Waals surface area contributed by atoms with Gasteiger partial charge in [0.2, 0.25) is 11.8 Å². The molecular formula is C14H19N3O3. The third-order valence-electron chi connectivity index (χ3n) is 3.51. The lowest BCUT2D eigenvalue weighted by atomic mass is 10.2. The summed E-state index contributed by atoms with van der Waals surface area (Å²) >= 11 is 0. The van der Waals surface area contributed by atoms with Crippen LogP contribution >= 0.6 is 0 Å². The Morgan fingerprint density at radius 3 is 2.65 bits per heavy atom. The van der Waals surface area contributed by atoms with Crippen molar-refractivity contribution in [2.24, 2.45) is 5.73 Å². The van der Waals surface area contributed by atoms with Crippen molar-refractivity contribution >= 4 is 17.5 Å². The molecular weight excluding hydrogens is 258 g/mol. The largest absolute Gasteiger partial charge is 0.395 e. The molecule has 0 aliphatic carbocycles. The molecule has 108 valence electrons. The summed E-state index contributed by atoms with van der Waals surface area (Å²) in [5.74, 6) is -0.622.